The van der Waals surface area contributed by atoms with E-state index < -0.39 is 6.10 Å². The molecule has 1 aromatic heterocycles. The Morgan fingerprint density at radius 2 is 2.31 bits per heavy atom. The molecule has 1 aromatic rings. The molecule has 0 aromatic carbocycles. The van der Waals surface area contributed by atoms with Gasteiger partial charge >= 0.3 is 0 Å². The predicted molar refractivity (Wildman–Crippen MR) is 62.6 cm³/mol. The van der Waals surface area contributed by atoms with Crippen LogP contribution in [0.25, 0.3) is 0 Å². The normalized spacial score (nSPS) is 12.2. The van der Waals surface area contributed by atoms with Gasteiger partial charge in [0.15, 0.2) is 0 Å². The lowest BCUT2D eigenvalue weighted by atomic mass is 10.2. The number of halogens is 1. The van der Waals surface area contributed by atoms with Crippen LogP contribution in [0.1, 0.15) is 29.9 Å². The Labute approximate surface area is 99.6 Å². The molecule has 4 nitrogen and oxygen atoms in total. The van der Waals surface area contributed by atoms with Crippen LogP contribution in [0.2, 0.25) is 5.15 Å². The average molecular weight is 243 g/mol. The van der Waals surface area contributed by atoms with Crippen molar-refractivity contribution in [1.82, 2.24) is 10.3 Å². The van der Waals surface area contributed by atoms with Crippen molar-refractivity contribution in [3.8, 4) is 0 Å². The first-order chi connectivity index (χ1) is 7.52. The van der Waals surface area contributed by atoms with E-state index in [1.165, 1.54) is 6.07 Å². The summed E-state index contributed by atoms with van der Waals surface area (Å²) < 4.78 is 0. The summed E-state index contributed by atoms with van der Waals surface area (Å²) in [6.07, 6.45) is 0.156. The Balaban J connectivity index is 2.78. The Morgan fingerprint density at radius 1 is 1.62 bits per heavy atom. The molecule has 0 fully saturated rings. The predicted octanol–water partition coefficient (Wildman–Crippen LogP) is 1.41. The second-order valence-electron chi connectivity index (χ2n) is 3.58. The van der Waals surface area contributed by atoms with E-state index in [1.807, 2.05) is 6.92 Å². The molecule has 16 heavy (non-hydrogen) atoms. The van der Waals surface area contributed by atoms with E-state index in [2.05, 4.69) is 10.3 Å². The highest BCUT2D eigenvalue weighted by molar-refractivity contribution is 6.29. The molecule has 1 heterocycles. The van der Waals surface area contributed by atoms with E-state index in [0.717, 1.165) is 12.1 Å². The van der Waals surface area contributed by atoms with Gasteiger partial charge in [0, 0.05) is 17.8 Å². The number of hydrogen-bond donors (Lipinski definition) is 2. The number of nitrogens with zero attached hydrogens (tertiary/aromatic N) is 1. The van der Waals surface area contributed by atoms with Crippen LogP contribution in [0, 0.1) is 0 Å². The summed E-state index contributed by atoms with van der Waals surface area (Å²) in [5.74, 6) is -0.250. The number of amides is 1. The maximum atomic E-state index is 11.7. The second-order valence-corrected chi connectivity index (χ2v) is 3.97. The van der Waals surface area contributed by atoms with Crippen LogP contribution >= 0.6 is 11.6 Å². The van der Waals surface area contributed by atoms with E-state index in [9.17, 15) is 4.79 Å². The summed E-state index contributed by atoms with van der Waals surface area (Å²) in [6, 6.07) is 3.21. The second kappa shape index (κ2) is 5.82. The quantitative estimate of drug-likeness (QED) is 0.785. The molecule has 1 rings (SSSR count). The van der Waals surface area contributed by atoms with Crippen molar-refractivity contribution in [2.75, 3.05) is 6.54 Å². The van der Waals surface area contributed by atoms with Crippen LogP contribution in [0.3, 0.4) is 0 Å². The van der Waals surface area contributed by atoms with Crippen molar-refractivity contribution >= 4 is 17.5 Å². The summed E-state index contributed by atoms with van der Waals surface area (Å²) in [7, 11) is 0. The molecule has 0 bridgehead atoms. The molecule has 1 amide bonds. The van der Waals surface area contributed by atoms with Crippen molar-refractivity contribution in [2.24, 2.45) is 0 Å². The van der Waals surface area contributed by atoms with E-state index in [-0.39, 0.29) is 12.5 Å². The lowest BCUT2D eigenvalue weighted by Crippen LogP contribution is -2.30. The molecule has 0 aliphatic rings. The van der Waals surface area contributed by atoms with Crippen LogP contribution < -0.4 is 5.32 Å². The minimum atomic E-state index is -0.563. The molecule has 0 radical (unpaired) electrons. The molecule has 0 spiro atoms. The molecule has 88 valence electrons. The Morgan fingerprint density at radius 3 is 2.88 bits per heavy atom. The average Bonchev–Trinajstić information content (AvgIpc) is 2.24. The van der Waals surface area contributed by atoms with Crippen molar-refractivity contribution in [1.29, 1.82) is 0 Å². The molecule has 5 heteroatoms. The molecule has 0 saturated carbocycles. The van der Waals surface area contributed by atoms with Crippen LogP contribution in [0.4, 0.5) is 0 Å². The van der Waals surface area contributed by atoms with Gasteiger partial charge in [0.25, 0.3) is 5.91 Å². The number of carbonyl (C=O) groups excluding carboxylic acids is 1. The van der Waals surface area contributed by atoms with Gasteiger partial charge in [0.1, 0.15) is 5.15 Å². The van der Waals surface area contributed by atoms with Gasteiger partial charge in [-0.25, -0.2) is 4.98 Å². The smallest absolute Gasteiger partial charge is 0.251 e. The maximum absolute atomic E-state index is 11.7. The zero-order chi connectivity index (χ0) is 12.1. The molecule has 0 saturated heterocycles. The van der Waals surface area contributed by atoms with Gasteiger partial charge in [-0.15, -0.1) is 0 Å². The van der Waals surface area contributed by atoms with Gasteiger partial charge in [0.2, 0.25) is 0 Å². The van der Waals surface area contributed by atoms with Gasteiger partial charge in [-0.05, 0) is 25.5 Å². The fourth-order valence-corrected chi connectivity index (χ4v) is 1.43. The van der Waals surface area contributed by atoms with Gasteiger partial charge in [0.05, 0.1) is 6.10 Å². The third-order valence-corrected chi connectivity index (χ3v) is 2.22. The minimum absolute atomic E-state index is 0.222. The first-order valence-corrected chi connectivity index (χ1v) is 5.53. The highest BCUT2D eigenvalue weighted by atomic mass is 35.5. The molecule has 0 aliphatic heterocycles. The zero-order valence-corrected chi connectivity index (χ0v) is 10.1. The number of nitrogens with one attached hydrogen (secondary N) is 1. The molecule has 0 aliphatic carbocycles. The van der Waals surface area contributed by atoms with Gasteiger partial charge < -0.3 is 10.4 Å². The highest BCUT2D eigenvalue weighted by Crippen LogP contribution is 2.11. The first-order valence-electron chi connectivity index (χ1n) is 5.15. The fourth-order valence-electron chi connectivity index (χ4n) is 1.21. The minimum Gasteiger partial charge on any atom is -0.392 e. The number of aryl methyl sites for hydroxylation is 1. The van der Waals surface area contributed by atoms with E-state index in [4.69, 9.17) is 16.7 Å². The number of rotatable bonds is 4. The fraction of sp³-hybridized carbons (Fsp3) is 0.455. The SMILES string of the molecule is CCc1cc(C(=O)NCC(C)O)cc(Cl)n1. The van der Waals surface area contributed by atoms with Crippen molar-refractivity contribution in [2.45, 2.75) is 26.4 Å². The highest BCUT2D eigenvalue weighted by Gasteiger charge is 2.09. The van der Waals surface area contributed by atoms with Gasteiger partial charge in [-0.1, -0.05) is 18.5 Å². The van der Waals surface area contributed by atoms with E-state index in [1.54, 1.807) is 13.0 Å². The molecular weight excluding hydrogens is 228 g/mol. The van der Waals surface area contributed by atoms with Crippen LogP contribution in [0.5, 0.6) is 0 Å². The molecule has 1 atom stereocenters. The zero-order valence-electron chi connectivity index (χ0n) is 9.33. The molecule has 2 N–H and O–H groups in total. The summed E-state index contributed by atoms with van der Waals surface area (Å²) in [6.45, 7) is 3.77. The number of aliphatic hydroxyl groups is 1. The number of pyridine rings is 1. The lowest BCUT2D eigenvalue weighted by Gasteiger charge is -2.08. The van der Waals surface area contributed by atoms with Crippen molar-refractivity contribution < 1.29 is 9.90 Å². The Kier molecular flexibility index (Phi) is 4.71. The summed E-state index contributed by atoms with van der Waals surface area (Å²) >= 11 is 5.80. The van der Waals surface area contributed by atoms with Crippen molar-refractivity contribution in [3.05, 3.63) is 28.5 Å². The molecular formula is C11H15ClN2O2. The van der Waals surface area contributed by atoms with Crippen molar-refractivity contribution in [3.63, 3.8) is 0 Å². The van der Waals surface area contributed by atoms with Gasteiger partial charge in [-0.2, -0.15) is 0 Å². The Hall–Kier alpha value is -1.13. The summed E-state index contributed by atoms with van der Waals surface area (Å²) in [5, 5.41) is 12.0. The Bertz CT molecular complexity index is 380. The number of hydrogen-bond acceptors (Lipinski definition) is 3. The van der Waals surface area contributed by atoms with Crippen LogP contribution in [-0.2, 0) is 6.42 Å². The summed E-state index contributed by atoms with van der Waals surface area (Å²) in [4.78, 5) is 15.7. The van der Waals surface area contributed by atoms with Gasteiger partial charge in [-0.3, -0.25) is 4.79 Å². The summed E-state index contributed by atoms with van der Waals surface area (Å²) in [5.41, 5.74) is 1.24. The maximum Gasteiger partial charge on any atom is 0.251 e. The number of aromatic nitrogens is 1. The van der Waals surface area contributed by atoms with Crippen LogP contribution in [0.15, 0.2) is 12.1 Å². The number of carbonyl (C=O) groups is 1. The molecule has 1 unspecified atom stereocenters. The lowest BCUT2D eigenvalue weighted by molar-refractivity contribution is 0.0924. The van der Waals surface area contributed by atoms with E-state index >= 15 is 0 Å². The van der Waals surface area contributed by atoms with Crippen LogP contribution in [-0.4, -0.2) is 28.6 Å². The standard InChI is InChI=1S/C11H15ClN2O2/c1-3-9-4-8(5-10(12)14-9)11(16)13-6-7(2)15/h4-5,7,15H,3,6H2,1-2H3,(H,13,16). The third-order valence-electron chi connectivity index (χ3n) is 2.03. The largest absolute Gasteiger partial charge is 0.392 e. The monoisotopic (exact) mass is 242 g/mol. The topological polar surface area (TPSA) is 62.2 Å². The van der Waals surface area contributed by atoms with E-state index in [0.29, 0.717) is 10.7 Å². The third kappa shape index (κ3) is 3.79. The first kappa shape index (κ1) is 12.9. The number of aliphatic hydroxyl groups excluding tert-OH is 1.